The summed E-state index contributed by atoms with van der Waals surface area (Å²) in [6.45, 7) is 4.95. The minimum absolute atomic E-state index is 0.0351. The van der Waals surface area contributed by atoms with Crippen LogP contribution in [0.15, 0.2) is 53.4 Å². The molecule has 0 N–H and O–H groups in total. The van der Waals surface area contributed by atoms with Gasteiger partial charge in [0, 0.05) is 35.8 Å². The maximum atomic E-state index is 14.1. The van der Waals surface area contributed by atoms with E-state index in [1.807, 2.05) is 6.92 Å². The van der Waals surface area contributed by atoms with Gasteiger partial charge in [0.1, 0.15) is 12.4 Å². The van der Waals surface area contributed by atoms with Gasteiger partial charge in [0.15, 0.2) is 0 Å². The molecule has 2 heterocycles. The summed E-state index contributed by atoms with van der Waals surface area (Å²) in [6.07, 6.45) is -1.40. The fraction of sp³-hybridized carbons (Fsp3) is 0.552. The lowest BCUT2D eigenvalue weighted by molar-refractivity contribution is -0.274. The van der Waals surface area contributed by atoms with Gasteiger partial charge in [0.05, 0.1) is 17.0 Å². The van der Waals surface area contributed by atoms with Crippen molar-refractivity contribution in [2.45, 2.75) is 68.4 Å². The second kappa shape index (κ2) is 12.9. The van der Waals surface area contributed by atoms with Crippen LogP contribution >= 0.6 is 22.6 Å². The number of amides is 1. The molecular formula is C29H35F3IN3O5S. The number of nitrogens with zero attached hydrogens (tertiary/aromatic N) is 3. The van der Waals surface area contributed by atoms with Gasteiger partial charge < -0.3 is 14.4 Å². The highest BCUT2D eigenvalue weighted by atomic mass is 127. The molecule has 5 rings (SSSR count). The number of hydrogen-bond acceptors (Lipinski definition) is 6. The minimum atomic E-state index is -4.88. The molecule has 2 aliphatic heterocycles. The Kier molecular flexibility index (Phi) is 9.60. The molecule has 2 aromatic rings. The highest BCUT2D eigenvalue weighted by Gasteiger charge is 2.42. The van der Waals surface area contributed by atoms with Gasteiger partial charge in [-0.05, 0) is 109 Å². The van der Waals surface area contributed by atoms with Crippen molar-refractivity contribution in [3.63, 3.8) is 0 Å². The highest BCUT2D eigenvalue weighted by Crippen LogP contribution is 2.40. The van der Waals surface area contributed by atoms with E-state index in [1.165, 1.54) is 47.5 Å². The lowest BCUT2D eigenvalue weighted by Crippen LogP contribution is -2.55. The second-order valence-corrected chi connectivity index (χ2v) is 14.4. The van der Waals surface area contributed by atoms with E-state index < -0.39 is 40.3 Å². The molecule has 0 spiro atoms. The van der Waals surface area contributed by atoms with Gasteiger partial charge in [-0.2, -0.15) is 4.31 Å². The summed E-state index contributed by atoms with van der Waals surface area (Å²) >= 11 is 2.08. The monoisotopic (exact) mass is 721 g/mol. The number of ether oxygens (including phenoxy) is 2. The minimum Gasteiger partial charge on any atom is -0.448 e. The van der Waals surface area contributed by atoms with Crippen molar-refractivity contribution < 1.29 is 35.9 Å². The lowest BCUT2D eigenvalue weighted by atomic mass is 9.93. The predicted molar refractivity (Wildman–Crippen MR) is 158 cm³/mol. The SMILES string of the molecule is CC1CN(CC2CC2)CCN1C(=O)OCC1CCCC(c2cccc(OC(F)(F)F)c2)N1S(=O)(=O)c1ccc(I)cc1. The standard InChI is InChI=1S/C29H35F3IN3O5S/c1-20-17-34(18-21-8-9-21)14-15-35(20)28(37)40-19-24-5-3-7-27(22-4-2-6-25(16-22)41-29(30,31)32)36(24)42(38,39)26-12-10-23(33)11-13-26/h2,4,6,10-13,16,20-21,24,27H,3,5,7-9,14-15,17-19H2,1H3. The highest BCUT2D eigenvalue weighted by molar-refractivity contribution is 14.1. The van der Waals surface area contributed by atoms with Crippen LogP contribution in [0.3, 0.4) is 0 Å². The molecule has 8 nitrogen and oxygen atoms in total. The van der Waals surface area contributed by atoms with E-state index in [-0.39, 0.29) is 17.5 Å². The molecule has 1 saturated carbocycles. The van der Waals surface area contributed by atoms with E-state index in [0.717, 1.165) is 29.1 Å². The van der Waals surface area contributed by atoms with Gasteiger partial charge in [-0.15, -0.1) is 13.2 Å². The summed E-state index contributed by atoms with van der Waals surface area (Å²) < 4.78 is 79.1. The number of alkyl halides is 3. The number of halogens is 4. The predicted octanol–water partition coefficient (Wildman–Crippen LogP) is 6.03. The van der Waals surface area contributed by atoms with Gasteiger partial charge in [-0.3, -0.25) is 4.90 Å². The molecule has 3 unspecified atom stereocenters. The van der Waals surface area contributed by atoms with Crippen molar-refractivity contribution in [1.29, 1.82) is 0 Å². The van der Waals surface area contributed by atoms with Crippen molar-refractivity contribution in [3.8, 4) is 5.75 Å². The van der Waals surface area contributed by atoms with Crippen LogP contribution in [0.25, 0.3) is 0 Å². The fourth-order valence-corrected chi connectivity index (χ4v) is 8.13. The molecule has 3 atom stereocenters. The summed E-state index contributed by atoms with van der Waals surface area (Å²) in [5, 5.41) is 0. The van der Waals surface area contributed by atoms with E-state index in [0.29, 0.717) is 31.4 Å². The Morgan fingerprint density at radius 2 is 1.79 bits per heavy atom. The van der Waals surface area contributed by atoms with Crippen LogP contribution in [-0.2, 0) is 14.8 Å². The van der Waals surface area contributed by atoms with E-state index in [9.17, 15) is 26.4 Å². The first-order chi connectivity index (χ1) is 19.9. The Bertz CT molecular complexity index is 1360. The van der Waals surface area contributed by atoms with Crippen molar-refractivity contribution >= 4 is 38.7 Å². The van der Waals surface area contributed by atoms with Gasteiger partial charge in [0.2, 0.25) is 10.0 Å². The maximum absolute atomic E-state index is 14.1. The molecule has 0 aromatic heterocycles. The molecule has 1 aliphatic carbocycles. The molecular weight excluding hydrogens is 686 g/mol. The van der Waals surface area contributed by atoms with Crippen LogP contribution in [0.5, 0.6) is 5.75 Å². The van der Waals surface area contributed by atoms with Crippen LogP contribution in [-0.4, -0.2) is 79.8 Å². The van der Waals surface area contributed by atoms with E-state index in [2.05, 4.69) is 32.2 Å². The number of hydrogen-bond donors (Lipinski definition) is 0. The largest absolute Gasteiger partial charge is 0.573 e. The Hall–Kier alpha value is -2.10. The molecule has 42 heavy (non-hydrogen) atoms. The fourth-order valence-electron chi connectivity index (χ4n) is 5.92. The first-order valence-corrected chi connectivity index (χ1v) is 16.7. The molecule has 0 radical (unpaired) electrons. The summed E-state index contributed by atoms with van der Waals surface area (Å²) in [5.74, 6) is 0.340. The maximum Gasteiger partial charge on any atom is 0.573 e. The Balaban J connectivity index is 1.36. The zero-order chi connectivity index (χ0) is 30.1. The average molecular weight is 722 g/mol. The van der Waals surface area contributed by atoms with Crippen LogP contribution in [0.4, 0.5) is 18.0 Å². The number of piperazine rings is 1. The Morgan fingerprint density at radius 1 is 1.05 bits per heavy atom. The first-order valence-electron chi connectivity index (χ1n) is 14.2. The van der Waals surface area contributed by atoms with Crippen molar-refractivity contribution in [1.82, 2.24) is 14.1 Å². The summed E-state index contributed by atoms with van der Waals surface area (Å²) in [6, 6.07) is 10.3. The van der Waals surface area contributed by atoms with E-state index in [1.54, 1.807) is 23.1 Å². The number of rotatable bonds is 8. The smallest absolute Gasteiger partial charge is 0.448 e. The number of benzene rings is 2. The third-order valence-electron chi connectivity index (χ3n) is 8.11. The van der Waals surface area contributed by atoms with Gasteiger partial charge >= 0.3 is 12.5 Å². The normalized spacial score (nSPS) is 24.4. The quantitative estimate of drug-likeness (QED) is 0.310. The zero-order valence-corrected chi connectivity index (χ0v) is 26.3. The third-order valence-corrected chi connectivity index (χ3v) is 10.8. The van der Waals surface area contributed by atoms with Crippen LogP contribution in [0, 0.1) is 9.49 Å². The third kappa shape index (κ3) is 7.69. The zero-order valence-electron chi connectivity index (χ0n) is 23.3. The van der Waals surface area contributed by atoms with Crippen LogP contribution in [0.2, 0.25) is 0 Å². The lowest BCUT2D eigenvalue weighted by Gasteiger charge is -2.42. The van der Waals surface area contributed by atoms with E-state index in [4.69, 9.17) is 4.74 Å². The molecule has 0 bridgehead atoms. The molecule has 2 saturated heterocycles. The average Bonchev–Trinajstić information content (AvgIpc) is 3.75. The van der Waals surface area contributed by atoms with Gasteiger partial charge in [-0.1, -0.05) is 12.1 Å². The molecule has 3 fully saturated rings. The number of sulfonamides is 1. The number of piperidine rings is 1. The topological polar surface area (TPSA) is 79.4 Å². The van der Waals surface area contributed by atoms with Crippen molar-refractivity contribution in [3.05, 3.63) is 57.7 Å². The first kappa shape index (κ1) is 31.3. The Morgan fingerprint density at radius 3 is 2.45 bits per heavy atom. The summed E-state index contributed by atoms with van der Waals surface area (Å²) in [5.41, 5.74) is 0.377. The van der Waals surface area contributed by atoms with Crippen LogP contribution in [0.1, 0.15) is 50.6 Å². The summed E-state index contributed by atoms with van der Waals surface area (Å²) in [7, 11) is -4.11. The number of carbonyl (C=O) groups excluding carboxylic acids is 1. The molecule has 3 aliphatic rings. The summed E-state index contributed by atoms with van der Waals surface area (Å²) in [4.78, 5) is 17.3. The Labute approximate surface area is 258 Å². The van der Waals surface area contributed by atoms with Gasteiger partial charge in [-0.25, -0.2) is 13.2 Å². The molecule has 13 heteroatoms. The van der Waals surface area contributed by atoms with Gasteiger partial charge in [0.25, 0.3) is 0 Å². The van der Waals surface area contributed by atoms with Crippen molar-refractivity contribution in [2.24, 2.45) is 5.92 Å². The van der Waals surface area contributed by atoms with Crippen LogP contribution < -0.4 is 4.74 Å². The second-order valence-electron chi connectivity index (χ2n) is 11.3. The molecule has 2 aromatic carbocycles. The molecule has 230 valence electrons. The number of carbonyl (C=O) groups is 1. The van der Waals surface area contributed by atoms with Crippen molar-refractivity contribution in [2.75, 3.05) is 32.8 Å². The molecule has 1 amide bonds. The van der Waals surface area contributed by atoms with E-state index >= 15 is 0 Å².